The van der Waals surface area contributed by atoms with E-state index >= 15 is 0 Å². The first kappa shape index (κ1) is 24.6. The molecule has 1 N–H and O–H groups in total. The highest BCUT2D eigenvalue weighted by Gasteiger charge is 2.31. The Morgan fingerprint density at radius 2 is 1.28 bits per heavy atom. The molecule has 0 aromatic carbocycles. The van der Waals surface area contributed by atoms with Crippen LogP contribution in [0, 0.1) is 5.41 Å². The third-order valence-corrected chi connectivity index (χ3v) is 6.14. The second-order valence-corrected chi connectivity index (χ2v) is 8.51. The monoisotopic (exact) mass is 394 g/mol. The Morgan fingerprint density at radius 3 is 1.60 bits per heavy atom. The number of hydrogen-bond acceptors (Lipinski definition) is 7. The Balaban J connectivity index is 4.17. The molecule has 25 heavy (non-hydrogen) atoms. The average Bonchev–Trinajstić information content (AvgIpc) is 2.63. The van der Waals surface area contributed by atoms with Gasteiger partial charge in [-0.3, -0.25) is 9.59 Å². The van der Waals surface area contributed by atoms with Gasteiger partial charge >= 0.3 is 11.9 Å². The number of aliphatic hydroxyl groups excluding tert-OH is 1. The van der Waals surface area contributed by atoms with Crippen molar-refractivity contribution >= 4 is 35.5 Å². The first-order valence-corrected chi connectivity index (χ1v) is 11.4. The van der Waals surface area contributed by atoms with E-state index in [2.05, 4.69) is 13.8 Å². The van der Waals surface area contributed by atoms with Crippen molar-refractivity contribution in [2.75, 3.05) is 42.8 Å². The molecule has 0 aliphatic heterocycles. The van der Waals surface area contributed by atoms with E-state index in [1.165, 1.54) is 0 Å². The predicted octanol–water partition coefficient (Wildman–Crippen LogP) is 3.53. The average molecular weight is 395 g/mol. The summed E-state index contributed by atoms with van der Waals surface area (Å²) in [7, 11) is 0. The molecule has 0 amide bonds. The molecule has 0 aliphatic rings. The molecule has 0 saturated carbocycles. The standard InChI is InChI=1S/C18H34O5S2/c1-4-9-24-11-7-16(20)22-14-18(6-3,13-19)15-23-17(21)8-12-25-10-5-2/h19H,4-15H2,1-3H3. The molecule has 0 bridgehead atoms. The maximum Gasteiger partial charge on any atom is 0.306 e. The number of thioether (sulfide) groups is 2. The topological polar surface area (TPSA) is 72.8 Å². The van der Waals surface area contributed by atoms with Gasteiger partial charge in [-0.05, 0) is 30.8 Å². The highest BCUT2D eigenvalue weighted by molar-refractivity contribution is 7.99. The minimum atomic E-state index is -0.710. The molecule has 0 atom stereocenters. The molecule has 0 radical (unpaired) electrons. The smallest absolute Gasteiger partial charge is 0.306 e. The van der Waals surface area contributed by atoms with E-state index in [-0.39, 0.29) is 31.8 Å². The summed E-state index contributed by atoms with van der Waals surface area (Å²) in [5.74, 6) is 3.03. The first-order chi connectivity index (χ1) is 12.0. The van der Waals surface area contributed by atoms with Crippen molar-refractivity contribution in [3.63, 3.8) is 0 Å². The first-order valence-electron chi connectivity index (χ1n) is 9.11. The molecule has 0 fully saturated rings. The fourth-order valence-electron chi connectivity index (χ4n) is 1.86. The van der Waals surface area contributed by atoms with E-state index in [1.54, 1.807) is 23.5 Å². The van der Waals surface area contributed by atoms with Crippen LogP contribution in [-0.2, 0) is 19.1 Å². The molecule has 0 aromatic heterocycles. The SMILES string of the molecule is CCCSCCC(=O)OCC(CC)(CO)COC(=O)CCSCCC. The van der Waals surface area contributed by atoms with E-state index in [0.717, 1.165) is 35.9 Å². The molecule has 0 aromatic rings. The van der Waals surface area contributed by atoms with Crippen molar-refractivity contribution in [3.05, 3.63) is 0 Å². The summed E-state index contributed by atoms with van der Waals surface area (Å²) in [6.07, 6.45) is 3.48. The van der Waals surface area contributed by atoms with Crippen LogP contribution in [0.1, 0.15) is 52.9 Å². The number of carbonyl (C=O) groups is 2. The maximum atomic E-state index is 11.8. The molecule has 5 nitrogen and oxygen atoms in total. The van der Waals surface area contributed by atoms with Gasteiger partial charge in [0.1, 0.15) is 13.2 Å². The van der Waals surface area contributed by atoms with E-state index in [0.29, 0.717) is 19.3 Å². The summed E-state index contributed by atoms with van der Waals surface area (Å²) >= 11 is 3.46. The van der Waals surface area contributed by atoms with Crippen molar-refractivity contribution in [2.24, 2.45) is 5.41 Å². The number of esters is 2. The van der Waals surface area contributed by atoms with Crippen molar-refractivity contribution in [2.45, 2.75) is 52.9 Å². The van der Waals surface area contributed by atoms with Crippen LogP contribution in [0.2, 0.25) is 0 Å². The van der Waals surface area contributed by atoms with Crippen molar-refractivity contribution < 1.29 is 24.2 Å². The summed E-state index contributed by atoms with van der Waals surface area (Å²) in [5.41, 5.74) is -0.710. The van der Waals surface area contributed by atoms with Crippen LogP contribution in [0.15, 0.2) is 0 Å². The Morgan fingerprint density at radius 1 is 0.840 bits per heavy atom. The summed E-state index contributed by atoms with van der Waals surface area (Å²) in [6.45, 7) is 6.08. The largest absolute Gasteiger partial charge is 0.465 e. The Labute approximate surface area is 161 Å². The van der Waals surface area contributed by atoms with E-state index in [9.17, 15) is 14.7 Å². The highest BCUT2D eigenvalue weighted by Crippen LogP contribution is 2.23. The minimum absolute atomic E-state index is 0.0785. The zero-order chi connectivity index (χ0) is 19.0. The van der Waals surface area contributed by atoms with Gasteiger partial charge in [-0.25, -0.2) is 0 Å². The van der Waals surface area contributed by atoms with E-state index < -0.39 is 5.41 Å². The van der Waals surface area contributed by atoms with Crippen molar-refractivity contribution in [1.82, 2.24) is 0 Å². The molecule has 0 rings (SSSR count). The molecule has 0 heterocycles. The molecular formula is C18H34O5S2. The van der Waals surface area contributed by atoms with Gasteiger partial charge in [-0.2, -0.15) is 23.5 Å². The van der Waals surface area contributed by atoms with Gasteiger partial charge in [0.05, 0.1) is 24.9 Å². The summed E-state index contributed by atoms with van der Waals surface area (Å²) in [6, 6.07) is 0. The zero-order valence-electron chi connectivity index (χ0n) is 15.9. The van der Waals surface area contributed by atoms with Crippen LogP contribution in [0.4, 0.5) is 0 Å². The summed E-state index contributed by atoms with van der Waals surface area (Å²) < 4.78 is 10.6. The molecule has 0 aliphatic carbocycles. The van der Waals surface area contributed by atoms with Gasteiger partial charge in [0.15, 0.2) is 0 Å². The molecule has 0 spiro atoms. The van der Waals surface area contributed by atoms with E-state index in [4.69, 9.17) is 9.47 Å². The van der Waals surface area contributed by atoms with Gasteiger partial charge in [-0.15, -0.1) is 0 Å². The van der Waals surface area contributed by atoms with Crippen LogP contribution < -0.4 is 0 Å². The molecule has 148 valence electrons. The zero-order valence-corrected chi connectivity index (χ0v) is 17.5. The van der Waals surface area contributed by atoms with Gasteiger partial charge < -0.3 is 14.6 Å². The van der Waals surface area contributed by atoms with Crippen molar-refractivity contribution in [1.29, 1.82) is 0 Å². The fourth-order valence-corrected chi connectivity index (χ4v) is 3.47. The minimum Gasteiger partial charge on any atom is -0.465 e. The number of aliphatic hydroxyl groups is 1. The highest BCUT2D eigenvalue weighted by atomic mass is 32.2. The van der Waals surface area contributed by atoms with Crippen LogP contribution in [0.3, 0.4) is 0 Å². The number of carbonyl (C=O) groups excluding carboxylic acids is 2. The second kappa shape index (κ2) is 15.8. The lowest BCUT2D eigenvalue weighted by molar-refractivity contribution is -0.156. The lowest BCUT2D eigenvalue weighted by Gasteiger charge is -2.29. The normalized spacial score (nSPS) is 11.4. The van der Waals surface area contributed by atoms with Gasteiger partial charge in [0.2, 0.25) is 0 Å². The lowest BCUT2D eigenvalue weighted by Crippen LogP contribution is -2.37. The molecular weight excluding hydrogens is 360 g/mol. The molecule has 7 heteroatoms. The quantitative estimate of drug-likeness (QED) is 0.317. The molecule has 0 saturated heterocycles. The lowest BCUT2D eigenvalue weighted by atomic mass is 9.88. The second-order valence-electron chi connectivity index (χ2n) is 6.06. The third-order valence-electron chi connectivity index (χ3n) is 3.76. The number of ether oxygens (including phenoxy) is 2. The van der Waals surface area contributed by atoms with E-state index in [1.807, 2.05) is 6.92 Å². The van der Waals surface area contributed by atoms with Gasteiger partial charge in [-0.1, -0.05) is 20.8 Å². The Hall–Kier alpha value is -0.400. The summed E-state index contributed by atoms with van der Waals surface area (Å²) in [4.78, 5) is 23.6. The fraction of sp³-hybridized carbons (Fsp3) is 0.889. The van der Waals surface area contributed by atoms with Gasteiger partial charge in [0, 0.05) is 11.5 Å². The van der Waals surface area contributed by atoms with Crippen molar-refractivity contribution in [3.8, 4) is 0 Å². The maximum absolute atomic E-state index is 11.8. The van der Waals surface area contributed by atoms with Crippen LogP contribution in [0.25, 0.3) is 0 Å². The Bertz CT molecular complexity index is 329. The van der Waals surface area contributed by atoms with Crippen LogP contribution in [0.5, 0.6) is 0 Å². The van der Waals surface area contributed by atoms with Crippen LogP contribution in [-0.4, -0.2) is 59.9 Å². The van der Waals surface area contributed by atoms with Gasteiger partial charge in [0.25, 0.3) is 0 Å². The Kier molecular flexibility index (Phi) is 15.6. The van der Waals surface area contributed by atoms with Crippen LogP contribution >= 0.6 is 23.5 Å². The predicted molar refractivity (Wildman–Crippen MR) is 106 cm³/mol. The number of hydrogen-bond donors (Lipinski definition) is 1. The number of rotatable bonds is 16. The third kappa shape index (κ3) is 12.6. The summed E-state index contributed by atoms with van der Waals surface area (Å²) in [5, 5.41) is 9.70. The molecule has 0 unspecified atom stereocenters.